The average molecular weight is 564 g/mol. The van der Waals surface area contributed by atoms with Gasteiger partial charge in [0, 0.05) is 29.4 Å². The third kappa shape index (κ3) is 5.91. The van der Waals surface area contributed by atoms with Gasteiger partial charge in [0.2, 0.25) is 10.0 Å². The van der Waals surface area contributed by atoms with E-state index in [1.54, 1.807) is 0 Å². The zero-order valence-corrected chi connectivity index (χ0v) is 20.1. The van der Waals surface area contributed by atoms with E-state index in [2.05, 4.69) is 10.0 Å². The van der Waals surface area contributed by atoms with Crippen LogP contribution < -0.4 is 10.0 Å². The Labute approximate surface area is 212 Å². The molecule has 0 aliphatic rings. The molecule has 1 amide bonds. The van der Waals surface area contributed by atoms with Crippen molar-refractivity contribution >= 4 is 21.6 Å². The first-order valence-corrected chi connectivity index (χ1v) is 12.2. The molecule has 0 saturated heterocycles. The molecule has 204 valence electrons. The third-order valence-electron chi connectivity index (χ3n) is 5.48. The molecule has 0 heterocycles. The van der Waals surface area contributed by atoms with Gasteiger partial charge in [0.25, 0.3) is 11.5 Å². The Morgan fingerprint density at radius 1 is 0.868 bits per heavy atom. The van der Waals surface area contributed by atoms with E-state index in [0.717, 1.165) is 0 Å². The molecule has 0 fully saturated rings. The molecule has 14 heteroatoms. The van der Waals surface area contributed by atoms with E-state index in [9.17, 15) is 49.1 Å². The van der Waals surface area contributed by atoms with Gasteiger partial charge in [-0.2, -0.15) is 26.3 Å². The molecule has 3 rings (SSSR count). The van der Waals surface area contributed by atoms with Crippen molar-refractivity contribution in [1.82, 2.24) is 5.32 Å². The maximum absolute atomic E-state index is 14.6. The quantitative estimate of drug-likeness (QED) is 0.348. The number of hydrogen-bond donors (Lipinski definition) is 3. The number of benzene rings is 3. The predicted molar refractivity (Wildman–Crippen MR) is 124 cm³/mol. The van der Waals surface area contributed by atoms with Crippen molar-refractivity contribution in [2.75, 3.05) is 11.8 Å². The molecule has 0 saturated carbocycles. The van der Waals surface area contributed by atoms with Gasteiger partial charge >= 0.3 is 12.4 Å². The second-order valence-electron chi connectivity index (χ2n) is 8.12. The molecular formula is C24H19F7N2O4S. The summed E-state index contributed by atoms with van der Waals surface area (Å²) < 4.78 is 120. The van der Waals surface area contributed by atoms with Crippen molar-refractivity contribution < 1.29 is 49.1 Å². The number of hydrogen-bond acceptors (Lipinski definition) is 4. The van der Waals surface area contributed by atoms with E-state index in [1.165, 1.54) is 55.6 Å². The number of rotatable bonds is 7. The smallest absolute Gasteiger partial charge is 0.369 e. The van der Waals surface area contributed by atoms with Crippen molar-refractivity contribution in [2.24, 2.45) is 0 Å². The Hall–Kier alpha value is -3.65. The van der Waals surface area contributed by atoms with Crippen LogP contribution in [-0.2, 0) is 21.4 Å². The molecule has 3 aromatic rings. The van der Waals surface area contributed by atoms with E-state index in [0.29, 0.717) is 23.3 Å². The zero-order chi connectivity index (χ0) is 28.5. The first-order chi connectivity index (χ1) is 17.5. The van der Waals surface area contributed by atoms with E-state index < -0.39 is 45.1 Å². The fourth-order valence-corrected chi connectivity index (χ4v) is 4.71. The lowest BCUT2D eigenvalue weighted by molar-refractivity contribution is -0.376. The van der Waals surface area contributed by atoms with Crippen LogP contribution in [0.25, 0.3) is 11.1 Å². The lowest BCUT2D eigenvalue weighted by Crippen LogP contribution is -2.53. The lowest BCUT2D eigenvalue weighted by atomic mass is 9.90. The second-order valence-corrected chi connectivity index (χ2v) is 9.84. The maximum atomic E-state index is 14.6. The molecule has 0 unspecified atom stereocenters. The first kappa shape index (κ1) is 28.9. The Balaban J connectivity index is 1.79. The SMILES string of the molecule is CNC(=O)c1ccc(CS(=O)(=O)Nc2ccc(-c3ccc(C(O)(C(F)(F)F)C(F)(F)F)cc3F)cc2)cc1. The fourth-order valence-electron chi connectivity index (χ4n) is 3.51. The number of amides is 1. The molecular weight excluding hydrogens is 545 g/mol. The highest BCUT2D eigenvalue weighted by molar-refractivity contribution is 7.91. The van der Waals surface area contributed by atoms with Gasteiger partial charge in [0.1, 0.15) is 5.82 Å². The van der Waals surface area contributed by atoms with Gasteiger partial charge in [0.05, 0.1) is 5.75 Å². The lowest BCUT2D eigenvalue weighted by Gasteiger charge is -2.32. The van der Waals surface area contributed by atoms with Crippen LogP contribution in [0.3, 0.4) is 0 Å². The summed E-state index contributed by atoms with van der Waals surface area (Å²) in [5.74, 6) is -2.26. The minimum atomic E-state index is -6.16. The van der Waals surface area contributed by atoms with Crippen LogP contribution >= 0.6 is 0 Å². The predicted octanol–water partition coefficient (Wildman–Crippen LogP) is 5.11. The minimum absolute atomic E-state index is 0.0179. The van der Waals surface area contributed by atoms with Gasteiger partial charge < -0.3 is 10.4 Å². The summed E-state index contributed by atoms with van der Waals surface area (Å²) in [6, 6.07) is 11.6. The van der Waals surface area contributed by atoms with Gasteiger partial charge in [-0.25, -0.2) is 12.8 Å². The molecule has 3 aromatic carbocycles. The number of halogens is 7. The van der Waals surface area contributed by atoms with Crippen LogP contribution in [0.15, 0.2) is 66.7 Å². The maximum Gasteiger partial charge on any atom is 0.430 e. The van der Waals surface area contributed by atoms with E-state index in [-0.39, 0.29) is 28.8 Å². The van der Waals surface area contributed by atoms with Crippen molar-refractivity contribution in [3.63, 3.8) is 0 Å². The monoisotopic (exact) mass is 564 g/mol. The Morgan fingerprint density at radius 2 is 1.42 bits per heavy atom. The standard InChI is InChI=1S/C24H19F7N2O4S/c1-32-21(34)16-4-2-14(3-5-16)13-38(36,37)33-18-9-6-15(7-10-18)19-11-8-17(12-20(19)25)22(35,23(26,27)28)24(29,30)31/h2-12,33,35H,13H2,1H3,(H,32,34). The van der Waals surface area contributed by atoms with Crippen LogP contribution in [0.2, 0.25) is 0 Å². The molecule has 0 aliphatic heterocycles. The van der Waals surface area contributed by atoms with E-state index >= 15 is 0 Å². The summed E-state index contributed by atoms with van der Waals surface area (Å²) in [6.45, 7) is 0. The van der Waals surface area contributed by atoms with Crippen molar-refractivity contribution in [3.8, 4) is 11.1 Å². The van der Waals surface area contributed by atoms with Gasteiger partial charge in [-0.3, -0.25) is 9.52 Å². The Morgan fingerprint density at radius 3 is 1.89 bits per heavy atom. The highest BCUT2D eigenvalue weighted by Crippen LogP contribution is 2.50. The molecule has 0 radical (unpaired) electrons. The molecule has 0 bridgehead atoms. The van der Waals surface area contributed by atoms with Crippen LogP contribution in [0.5, 0.6) is 0 Å². The molecule has 0 aliphatic carbocycles. The van der Waals surface area contributed by atoms with E-state index in [1.807, 2.05) is 0 Å². The van der Waals surface area contributed by atoms with Crippen LogP contribution in [0, 0.1) is 5.82 Å². The number of nitrogens with one attached hydrogen (secondary N) is 2. The number of aliphatic hydroxyl groups is 1. The van der Waals surface area contributed by atoms with Crippen LogP contribution in [0.1, 0.15) is 21.5 Å². The summed E-state index contributed by atoms with van der Waals surface area (Å²) >= 11 is 0. The topological polar surface area (TPSA) is 95.5 Å². The molecule has 6 nitrogen and oxygen atoms in total. The van der Waals surface area contributed by atoms with Gasteiger partial charge in [0.15, 0.2) is 0 Å². The van der Waals surface area contributed by atoms with E-state index in [4.69, 9.17) is 0 Å². The fraction of sp³-hybridized carbons (Fsp3) is 0.208. The number of alkyl halides is 6. The summed E-state index contributed by atoms with van der Waals surface area (Å²) in [6.07, 6.45) is -12.3. The number of carbonyl (C=O) groups is 1. The normalized spacial score (nSPS) is 12.8. The number of carbonyl (C=O) groups excluding carboxylic acids is 1. The van der Waals surface area contributed by atoms with Crippen LogP contribution in [0.4, 0.5) is 36.4 Å². The number of anilines is 1. The van der Waals surface area contributed by atoms with Gasteiger partial charge in [-0.05, 0) is 41.5 Å². The molecule has 0 spiro atoms. The van der Waals surface area contributed by atoms with Gasteiger partial charge in [-0.15, -0.1) is 0 Å². The summed E-state index contributed by atoms with van der Waals surface area (Å²) in [7, 11) is -2.48. The summed E-state index contributed by atoms with van der Waals surface area (Å²) in [5.41, 5.74) is -6.62. The Bertz CT molecular complexity index is 1410. The third-order valence-corrected chi connectivity index (χ3v) is 6.74. The Kier molecular flexibility index (Phi) is 7.80. The highest BCUT2D eigenvalue weighted by atomic mass is 32.2. The minimum Gasteiger partial charge on any atom is -0.369 e. The zero-order valence-electron chi connectivity index (χ0n) is 19.3. The van der Waals surface area contributed by atoms with Crippen molar-refractivity contribution in [1.29, 1.82) is 0 Å². The molecule has 38 heavy (non-hydrogen) atoms. The molecule has 0 atom stereocenters. The summed E-state index contributed by atoms with van der Waals surface area (Å²) in [4.78, 5) is 11.6. The average Bonchev–Trinajstić information content (AvgIpc) is 2.82. The molecule has 3 N–H and O–H groups in total. The summed E-state index contributed by atoms with van der Waals surface area (Å²) in [5, 5.41) is 11.9. The van der Waals surface area contributed by atoms with Crippen molar-refractivity contribution in [2.45, 2.75) is 23.7 Å². The van der Waals surface area contributed by atoms with Crippen molar-refractivity contribution in [3.05, 3.63) is 89.2 Å². The second kappa shape index (κ2) is 10.3. The first-order valence-electron chi connectivity index (χ1n) is 10.6. The largest absolute Gasteiger partial charge is 0.430 e. The molecule has 0 aromatic heterocycles. The van der Waals surface area contributed by atoms with Crippen LogP contribution in [-0.4, -0.2) is 38.8 Å². The number of sulfonamides is 1. The van der Waals surface area contributed by atoms with Gasteiger partial charge in [-0.1, -0.05) is 36.4 Å². The highest BCUT2D eigenvalue weighted by Gasteiger charge is 2.71.